The lowest BCUT2D eigenvalue weighted by Gasteiger charge is -2.11. The number of hydrogen-bond acceptors (Lipinski definition) is 3. The smallest absolute Gasteiger partial charge is 0.162 e. The second-order valence-corrected chi connectivity index (χ2v) is 5.13. The summed E-state index contributed by atoms with van der Waals surface area (Å²) in [5.41, 5.74) is 0. The van der Waals surface area contributed by atoms with Crippen molar-refractivity contribution in [2.75, 3.05) is 27.4 Å². The van der Waals surface area contributed by atoms with Gasteiger partial charge in [-0.1, -0.05) is 0 Å². The van der Waals surface area contributed by atoms with Gasteiger partial charge in [-0.05, 0) is 50.7 Å². The Labute approximate surface area is 118 Å². The van der Waals surface area contributed by atoms with Crippen molar-refractivity contribution < 1.29 is 14.2 Å². The molecule has 0 heterocycles. The van der Waals surface area contributed by atoms with Crippen LogP contribution in [0.3, 0.4) is 0 Å². The van der Waals surface area contributed by atoms with Crippen LogP contribution in [0.25, 0.3) is 0 Å². The number of halogens is 2. The first-order chi connectivity index (χ1) is 7.69. The summed E-state index contributed by atoms with van der Waals surface area (Å²) in [6.07, 6.45) is 0.867. The van der Waals surface area contributed by atoms with Gasteiger partial charge >= 0.3 is 0 Å². The summed E-state index contributed by atoms with van der Waals surface area (Å²) in [5, 5.41) is 0. The number of benzene rings is 1. The molecule has 0 aliphatic carbocycles. The lowest BCUT2D eigenvalue weighted by Crippen LogP contribution is -2.03. The van der Waals surface area contributed by atoms with Crippen molar-refractivity contribution in [3.05, 3.63) is 20.2 Å². The minimum absolute atomic E-state index is 0.627. The zero-order valence-corrected chi connectivity index (χ0v) is 13.0. The maximum Gasteiger partial charge on any atom is 0.162 e. The van der Waals surface area contributed by atoms with E-state index >= 15 is 0 Å². The third-order valence-electron chi connectivity index (χ3n) is 1.96. The molecule has 0 amide bonds. The molecule has 0 saturated heterocycles. The summed E-state index contributed by atoms with van der Waals surface area (Å²) < 4.78 is 17.9. The van der Waals surface area contributed by atoms with E-state index in [9.17, 15) is 0 Å². The molecule has 16 heavy (non-hydrogen) atoms. The first-order valence-corrected chi connectivity index (χ1v) is 6.71. The van der Waals surface area contributed by atoms with Gasteiger partial charge in [-0.3, -0.25) is 0 Å². The summed E-state index contributed by atoms with van der Waals surface area (Å²) in [5.74, 6) is 1.51. The molecule has 0 bridgehead atoms. The predicted molar refractivity (Wildman–Crippen MR) is 75.4 cm³/mol. The first kappa shape index (κ1) is 14.1. The Bertz CT molecular complexity index is 344. The maximum absolute atomic E-state index is 5.64. The summed E-state index contributed by atoms with van der Waals surface area (Å²) in [6, 6.07) is 3.86. The van der Waals surface area contributed by atoms with E-state index in [4.69, 9.17) is 14.2 Å². The van der Waals surface area contributed by atoms with Crippen molar-refractivity contribution in [2.24, 2.45) is 0 Å². The van der Waals surface area contributed by atoms with Crippen molar-refractivity contribution in [3.63, 3.8) is 0 Å². The molecule has 3 nitrogen and oxygen atoms in total. The minimum Gasteiger partial charge on any atom is -0.493 e. The first-order valence-electron chi connectivity index (χ1n) is 4.83. The van der Waals surface area contributed by atoms with E-state index in [1.165, 1.54) is 0 Å². The summed E-state index contributed by atoms with van der Waals surface area (Å²) in [7, 11) is 3.32. The van der Waals surface area contributed by atoms with Crippen LogP contribution in [0.5, 0.6) is 11.5 Å². The summed E-state index contributed by atoms with van der Waals surface area (Å²) in [4.78, 5) is 0. The van der Waals surface area contributed by atoms with Crippen molar-refractivity contribution in [3.8, 4) is 11.5 Å². The van der Waals surface area contributed by atoms with Crippen LogP contribution in [0.4, 0.5) is 0 Å². The topological polar surface area (TPSA) is 27.7 Å². The van der Waals surface area contributed by atoms with Gasteiger partial charge in [0.1, 0.15) is 0 Å². The van der Waals surface area contributed by atoms with Gasteiger partial charge in [0, 0.05) is 28.2 Å². The van der Waals surface area contributed by atoms with Gasteiger partial charge in [-0.15, -0.1) is 0 Å². The molecule has 0 aliphatic heterocycles. The van der Waals surface area contributed by atoms with Crippen LogP contribution in [0.1, 0.15) is 6.42 Å². The molecule has 0 aliphatic rings. The molecule has 1 rings (SSSR count). The highest BCUT2D eigenvalue weighted by atomic mass is 127. The van der Waals surface area contributed by atoms with Gasteiger partial charge in [0.05, 0.1) is 13.7 Å². The van der Waals surface area contributed by atoms with Crippen molar-refractivity contribution in [1.29, 1.82) is 0 Å². The van der Waals surface area contributed by atoms with Gasteiger partial charge in [-0.25, -0.2) is 0 Å². The van der Waals surface area contributed by atoms with Gasteiger partial charge in [0.25, 0.3) is 0 Å². The van der Waals surface area contributed by atoms with Crippen molar-refractivity contribution in [2.45, 2.75) is 6.42 Å². The lowest BCUT2D eigenvalue weighted by atomic mass is 10.3. The third kappa shape index (κ3) is 4.10. The van der Waals surface area contributed by atoms with E-state index < -0.39 is 0 Å². The highest BCUT2D eigenvalue weighted by Crippen LogP contribution is 2.34. The molecule has 5 heteroatoms. The Kier molecular flexibility index (Phi) is 6.45. The third-order valence-corrected chi connectivity index (χ3v) is 4.25. The average Bonchev–Trinajstić information content (AvgIpc) is 2.28. The Morgan fingerprint density at radius 3 is 2.56 bits per heavy atom. The molecule has 0 saturated carbocycles. The van der Waals surface area contributed by atoms with Crippen LogP contribution < -0.4 is 9.47 Å². The van der Waals surface area contributed by atoms with E-state index in [0.29, 0.717) is 13.2 Å². The molecule has 1 aromatic rings. The van der Waals surface area contributed by atoms with E-state index in [-0.39, 0.29) is 0 Å². The second kappa shape index (κ2) is 7.34. The van der Waals surface area contributed by atoms with Crippen LogP contribution in [0.2, 0.25) is 0 Å². The Balaban J connectivity index is 2.66. The van der Waals surface area contributed by atoms with Crippen LogP contribution in [-0.2, 0) is 4.74 Å². The molecular weight excluding hydrogens is 387 g/mol. The molecule has 1 aromatic carbocycles. The standard InChI is InChI=1S/C11H14BrIO3/c1-14-4-3-5-16-11-7-9(13)8(12)6-10(11)15-2/h6-7H,3-5H2,1-2H3. The molecule has 0 aromatic heterocycles. The minimum atomic E-state index is 0.627. The zero-order valence-electron chi connectivity index (χ0n) is 9.26. The Morgan fingerprint density at radius 1 is 1.19 bits per heavy atom. The lowest BCUT2D eigenvalue weighted by molar-refractivity contribution is 0.170. The van der Waals surface area contributed by atoms with Crippen molar-refractivity contribution >= 4 is 38.5 Å². The fourth-order valence-electron chi connectivity index (χ4n) is 1.17. The maximum atomic E-state index is 5.64. The van der Waals surface area contributed by atoms with Crippen LogP contribution in [0.15, 0.2) is 16.6 Å². The number of rotatable bonds is 6. The van der Waals surface area contributed by atoms with E-state index in [1.54, 1.807) is 14.2 Å². The molecule has 0 atom stereocenters. The van der Waals surface area contributed by atoms with Gasteiger partial charge < -0.3 is 14.2 Å². The molecule has 0 N–H and O–H groups in total. The van der Waals surface area contributed by atoms with Crippen LogP contribution >= 0.6 is 38.5 Å². The molecule has 0 radical (unpaired) electrons. The molecular formula is C11H14BrIO3. The van der Waals surface area contributed by atoms with E-state index in [2.05, 4.69) is 38.5 Å². The van der Waals surface area contributed by atoms with E-state index in [1.807, 2.05) is 12.1 Å². The molecule has 0 unspecified atom stereocenters. The zero-order chi connectivity index (χ0) is 12.0. The SMILES string of the molecule is COCCCOc1cc(I)c(Br)cc1OC. The molecule has 0 spiro atoms. The largest absolute Gasteiger partial charge is 0.493 e. The van der Waals surface area contributed by atoms with Crippen LogP contribution in [0, 0.1) is 3.57 Å². The van der Waals surface area contributed by atoms with E-state index in [0.717, 1.165) is 26.0 Å². The fraction of sp³-hybridized carbons (Fsp3) is 0.455. The molecule has 0 fully saturated rings. The van der Waals surface area contributed by atoms with Gasteiger partial charge in [-0.2, -0.15) is 0 Å². The number of methoxy groups -OCH3 is 2. The van der Waals surface area contributed by atoms with Gasteiger partial charge in [0.2, 0.25) is 0 Å². The Morgan fingerprint density at radius 2 is 1.94 bits per heavy atom. The van der Waals surface area contributed by atoms with Crippen LogP contribution in [-0.4, -0.2) is 27.4 Å². The number of hydrogen-bond donors (Lipinski definition) is 0. The normalized spacial score (nSPS) is 10.2. The molecule has 90 valence electrons. The number of ether oxygens (including phenoxy) is 3. The highest BCUT2D eigenvalue weighted by molar-refractivity contribution is 14.1. The predicted octanol–water partition coefficient (Wildman–Crippen LogP) is 3.48. The summed E-state index contributed by atoms with van der Waals surface area (Å²) in [6.45, 7) is 1.33. The van der Waals surface area contributed by atoms with Crippen molar-refractivity contribution in [1.82, 2.24) is 0 Å². The fourth-order valence-corrected chi connectivity index (χ4v) is 1.93. The Hall–Kier alpha value is -0.0100. The highest BCUT2D eigenvalue weighted by Gasteiger charge is 2.08. The van der Waals surface area contributed by atoms with Gasteiger partial charge in [0.15, 0.2) is 11.5 Å². The summed E-state index contributed by atoms with van der Waals surface area (Å²) >= 11 is 5.70. The second-order valence-electron chi connectivity index (χ2n) is 3.11. The monoisotopic (exact) mass is 400 g/mol. The quantitative estimate of drug-likeness (QED) is 0.540. The average molecular weight is 401 g/mol.